The fourth-order valence-electron chi connectivity index (χ4n) is 3.80. The van der Waals surface area contributed by atoms with Crippen molar-refractivity contribution in [2.75, 3.05) is 13.1 Å². The molecule has 2 bridgehead atoms. The van der Waals surface area contributed by atoms with E-state index in [9.17, 15) is 4.79 Å². The van der Waals surface area contributed by atoms with Crippen molar-refractivity contribution < 1.29 is 9.21 Å². The highest BCUT2D eigenvalue weighted by atomic mass is 127. The van der Waals surface area contributed by atoms with E-state index >= 15 is 0 Å². The van der Waals surface area contributed by atoms with Crippen molar-refractivity contribution in [3.63, 3.8) is 0 Å². The SMILES string of the molecule is C[C@H]1[C@H](NC(=O)c2cc3c(I)coc3cn2)C2CCN1CC2. The molecule has 2 atom stereocenters. The van der Waals surface area contributed by atoms with Crippen LogP contribution in [0.2, 0.25) is 0 Å². The van der Waals surface area contributed by atoms with Gasteiger partial charge in [0, 0.05) is 17.5 Å². The molecule has 22 heavy (non-hydrogen) atoms. The van der Waals surface area contributed by atoms with Crippen molar-refractivity contribution in [3.8, 4) is 0 Å². The van der Waals surface area contributed by atoms with Gasteiger partial charge in [0.1, 0.15) is 12.0 Å². The predicted molar refractivity (Wildman–Crippen MR) is 91.7 cm³/mol. The van der Waals surface area contributed by atoms with Gasteiger partial charge in [0.05, 0.1) is 9.77 Å². The summed E-state index contributed by atoms with van der Waals surface area (Å²) in [4.78, 5) is 19.3. The van der Waals surface area contributed by atoms with Crippen molar-refractivity contribution in [2.45, 2.75) is 31.8 Å². The molecule has 1 amide bonds. The molecule has 0 saturated carbocycles. The number of piperidine rings is 3. The lowest BCUT2D eigenvalue weighted by molar-refractivity contribution is 0.0216. The standard InChI is InChI=1S/C16H18IN3O2/c1-9-15(10-2-4-20(9)5-3-10)19-16(21)13-6-11-12(17)8-22-14(11)7-18-13/h6-10,15H,2-5H2,1H3,(H,19,21)/t9-,15-/m0/s1. The van der Waals surface area contributed by atoms with E-state index < -0.39 is 0 Å². The van der Waals surface area contributed by atoms with Gasteiger partial charge in [-0.15, -0.1) is 0 Å². The van der Waals surface area contributed by atoms with Crippen LogP contribution in [0.4, 0.5) is 0 Å². The Kier molecular flexibility index (Phi) is 3.60. The summed E-state index contributed by atoms with van der Waals surface area (Å²) < 4.78 is 6.38. The Hall–Kier alpha value is -1.15. The Morgan fingerprint density at radius 1 is 1.45 bits per heavy atom. The highest BCUT2D eigenvalue weighted by Crippen LogP contribution is 2.32. The van der Waals surface area contributed by atoms with Crippen molar-refractivity contribution in [1.82, 2.24) is 15.2 Å². The van der Waals surface area contributed by atoms with Crippen LogP contribution in [0.25, 0.3) is 11.0 Å². The van der Waals surface area contributed by atoms with Gasteiger partial charge in [-0.1, -0.05) is 0 Å². The first-order valence-corrected chi connectivity index (χ1v) is 8.79. The average Bonchev–Trinajstić information content (AvgIpc) is 2.92. The third-order valence-corrected chi connectivity index (χ3v) is 5.96. The van der Waals surface area contributed by atoms with Gasteiger partial charge >= 0.3 is 0 Å². The summed E-state index contributed by atoms with van der Waals surface area (Å²) in [7, 11) is 0. The van der Waals surface area contributed by atoms with Crippen molar-refractivity contribution in [1.29, 1.82) is 0 Å². The monoisotopic (exact) mass is 411 g/mol. The maximum atomic E-state index is 12.6. The molecule has 3 aliphatic rings. The van der Waals surface area contributed by atoms with Gasteiger partial charge in [0.15, 0.2) is 5.58 Å². The average molecular weight is 411 g/mol. The lowest BCUT2D eigenvalue weighted by Crippen LogP contribution is -2.62. The van der Waals surface area contributed by atoms with E-state index in [1.807, 2.05) is 6.07 Å². The van der Waals surface area contributed by atoms with E-state index in [2.05, 4.69) is 44.7 Å². The van der Waals surface area contributed by atoms with E-state index in [0.717, 1.165) is 27.6 Å². The van der Waals surface area contributed by atoms with E-state index in [4.69, 9.17) is 4.42 Å². The smallest absolute Gasteiger partial charge is 0.270 e. The second-order valence-electron chi connectivity index (χ2n) is 6.26. The molecule has 1 N–H and O–H groups in total. The normalized spacial score (nSPS) is 30.6. The van der Waals surface area contributed by atoms with Crippen LogP contribution in [-0.4, -0.2) is 41.0 Å². The molecule has 3 fully saturated rings. The molecule has 116 valence electrons. The van der Waals surface area contributed by atoms with Crippen LogP contribution in [-0.2, 0) is 0 Å². The van der Waals surface area contributed by atoms with Gasteiger partial charge in [0.2, 0.25) is 0 Å². The number of amides is 1. The van der Waals surface area contributed by atoms with Gasteiger partial charge in [-0.3, -0.25) is 9.69 Å². The Morgan fingerprint density at radius 2 is 2.23 bits per heavy atom. The summed E-state index contributed by atoms with van der Waals surface area (Å²) in [5.41, 5.74) is 1.19. The molecule has 6 heteroatoms. The van der Waals surface area contributed by atoms with E-state index in [1.54, 1.807) is 12.5 Å². The number of nitrogens with one attached hydrogen (secondary N) is 1. The van der Waals surface area contributed by atoms with Crippen molar-refractivity contribution in [2.24, 2.45) is 5.92 Å². The number of nitrogens with zero attached hydrogens (tertiary/aromatic N) is 2. The predicted octanol–water partition coefficient (Wildman–Crippen LogP) is 2.64. The minimum Gasteiger partial charge on any atom is -0.462 e. The minimum atomic E-state index is -0.0792. The maximum absolute atomic E-state index is 12.6. The molecular weight excluding hydrogens is 393 g/mol. The number of pyridine rings is 1. The molecule has 2 aromatic heterocycles. The molecule has 0 radical (unpaired) electrons. The summed E-state index contributed by atoms with van der Waals surface area (Å²) in [6.07, 6.45) is 5.68. The number of furan rings is 1. The third-order valence-electron chi connectivity index (χ3n) is 5.12. The molecule has 0 spiro atoms. The van der Waals surface area contributed by atoms with Crippen LogP contribution in [0.1, 0.15) is 30.3 Å². The zero-order valence-electron chi connectivity index (χ0n) is 12.4. The van der Waals surface area contributed by atoms with Crippen LogP contribution in [0.3, 0.4) is 0 Å². The van der Waals surface area contributed by atoms with E-state index in [-0.39, 0.29) is 11.9 Å². The first-order chi connectivity index (χ1) is 10.6. The number of halogens is 1. The summed E-state index contributed by atoms with van der Waals surface area (Å²) >= 11 is 2.21. The lowest BCUT2D eigenvalue weighted by Gasteiger charge is -2.49. The topological polar surface area (TPSA) is 58.4 Å². The van der Waals surface area contributed by atoms with Gasteiger partial charge in [0.25, 0.3) is 5.91 Å². The zero-order chi connectivity index (χ0) is 15.3. The fraction of sp³-hybridized carbons (Fsp3) is 0.500. The fourth-order valence-corrected chi connectivity index (χ4v) is 4.35. The molecule has 5 nitrogen and oxygen atoms in total. The Labute approximate surface area is 142 Å². The highest BCUT2D eigenvalue weighted by Gasteiger charge is 2.40. The van der Waals surface area contributed by atoms with Gasteiger partial charge in [-0.25, -0.2) is 4.98 Å². The second kappa shape index (κ2) is 5.49. The molecule has 5 rings (SSSR count). The summed E-state index contributed by atoms with van der Waals surface area (Å²) in [5.74, 6) is 0.520. The molecule has 0 unspecified atom stereocenters. The maximum Gasteiger partial charge on any atom is 0.270 e. The summed E-state index contributed by atoms with van der Waals surface area (Å²) in [6.45, 7) is 4.54. The molecular formula is C16H18IN3O2. The van der Waals surface area contributed by atoms with Gasteiger partial charge < -0.3 is 9.73 Å². The molecule has 0 aromatic carbocycles. The Balaban J connectivity index is 1.57. The summed E-state index contributed by atoms with van der Waals surface area (Å²) in [6, 6.07) is 2.47. The number of carbonyl (C=O) groups excluding carboxylic acids is 1. The van der Waals surface area contributed by atoms with Crippen LogP contribution in [0.5, 0.6) is 0 Å². The molecule has 2 aromatic rings. The van der Waals surface area contributed by atoms with Gasteiger partial charge in [-0.05, 0) is 67.4 Å². The Bertz CT molecular complexity index is 719. The van der Waals surface area contributed by atoms with Crippen LogP contribution in [0, 0.1) is 9.49 Å². The van der Waals surface area contributed by atoms with Crippen LogP contribution < -0.4 is 5.32 Å². The quantitative estimate of drug-likeness (QED) is 0.773. The molecule has 3 aliphatic heterocycles. The number of aromatic nitrogens is 1. The Morgan fingerprint density at radius 3 is 2.95 bits per heavy atom. The highest BCUT2D eigenvalue weighted by molar-refractivity contribution is 14.1. The first kappa shape index (κ1) is 14.4. The van der Waals surface area contributed by atoms with E-state index in [0.29, 0.717) is 17.7 Å². The lowest BCUT2D eigenvalue weighted by atomic mass is 9.79. The number of rotatable bonds is 2. The second-order valence-corrected chi connectivity index (χ2v) is 7.42. The van der Waals surface area contributed by atoms with Crippen molar-refractivity contribution >= 4 is 39.5 Å². The zero-order valence-corrected chi connectivity index (χ0v) is 14.5. The van der Waals surface area contributed by atoms with Crippen LogP contribution in [0.15, 0.2) is 22.9 Å². The number of carbonyl (C=O) groups is 1. The number of fused-ring (bicyclic) bond motifs is 4. The first-order valence-electron chi connectivity index (χ1n) is 7.71. The summed E-state index contributed by atoms with van der Waals surface area (Å²) in [5, 5.41) is 4.16. The van der Waals surface area contributed by atoms with E-state index in [1.165, 1.54) is 12.8 Å². The number of hydrogen-bond donors (Lipinski definition) is 1. The van der Waals surface area contributed by atoms with Crippen molar-refractivity contribution in [3.05, 3.63) is 27.8 Å². The van der Waals surface area contributed by atoms with Gasteiger partial charge in [-0.2, -0.15) is 0 Å². The van der Waals surface area contributed by atoms with Crippen LogP contribution >= 0.6 is 22.6 Å². The number of hydrogen-bond acceptors (Lipinski definition) is 4. The molecule has 0 aliphatic carbocycles. The molecule has 3 saturated heterocycles. The molecule has 5 heterocycles. The third kappa shape index (κ3) is 2.32. The largest absolute Gasteiger partial charge is 0.462 e. The minimum absolute atomic E-state index is 0.0792.